The number of anilines is 1. The van der Waals surface area contributed by atoms with Gasteiger partial charge < -0.3 is 25.0 Å². The quantitative estimate of drug-likeness (QED) is 0.504. The van der Waals surface area contributed by atoms with Gasteiger partial charge in [-0.05, 0) is 38.8 Å². The first kappa shape index (κ1) is 22.9. The van der Waals surface area contributed by atoms with E-state index in [1.165, 1.54) is 12.3 Å². The van der Waals surface area contributed by atoms with Crippen LogP contribution in [0, 0.1) is 5.82 Å². The van der Waals surface area contributed by atoms with E-state index < -0.39 is 11.9 Å². The molecule has 1 aromatic carbocycles. The second-order valence-corrected chi connectivity index (χ2v) is 9.40. The van der Waals surface area contributed by atoms with E-state index in [0.717, 1.165) is 0 Å². The summed E-state index contributed by atoms with van der Waals surface area (Å²) in [7, 11) is 0. The molecule has 3 aromatic rings. The number of nitrogens with one attached hydrogen (secondary N) is 2. The van der Waals surface area contributed by atoms with E-state index in [4.69, 9.17) is 16.3 Å². The summed E-state index contributed by atoms with van der Waals surface area (Å²) < 4.78 is 22.5. The first-order chi connectivity index (χ1) is 16.3. The van der Waals surface area contributed by atoms with Crippen LogP contribution in [0.1, 0.15) is 51.0 Å². The molecule has 2 saturated heterocycles. The van der Waals surface area contributed by atoms with Crippen LogP contribution in [0.15, 0.2) is 18.3 Å². The number of nitrogens with zero attached hydrogens (tertiary/aromatic N) is 4. The molecule has 34 heavy (non-hydrogen) atoms. The Labute approximate surface area is 200 Å². The summed E-state index contributed by atoms with van der Waals surface area (Å²) in [4.78, 5) is 25.1. The molecular weight excluding hydrogens is 463 g/mol. The number of carbonyl (C=O) groups excluding carboxylic acids is 1. The van der Waals surface area contributed by atoms with Gasteiger partial charge in [-0.1, -0.05) is 11.6 Å². The Morgan fingerprint density at radius 2 is 2.15 bits per heavy atom. The summed E-state index contributed by atoms with van der Waals surface area (Å²) >= 11 is 6.42. The molecular formula is C23H26ClFN6O3. The van der Waals surface area contributed by atoms with Crippen LogP contribution in [-0.4, -0.2) is 55.9 Å². The third kappa shape index (κ3) is 4.21. The fourth-order valence-corrected chi connectivity index (χ4v) is 4.80. The maximum Gasteiger partial charge on any atom is 0.223 e. The highest BCUT2D eigenvalue weighted by Crippen LogP contribution is 2.35. The van der Waals surface area contributed by atoms with Gasteiger partial charge in [0.15, 0.2) is 5.82 Å². The topological polar surface area (TPSA) is 114 Å². The lowest BCUT2D eigenvalue weighted by Gasteiger charge is -2.28. The molecule has 2 aliphatic rings. The standard InChI is InChI=1S/C23H26ClFN6O3/c1-11(2)31-17-8-12(7-14(25)21(17)29-22(31)16-3-4-19(33)27-16)20-13(24)9-26-23(30-20)28-15-5-6-34-10-18(15)32/h7-9,11,15-16,18,32H,3-6,10H2,1-2H3,(H,27,33)(H,26,28,30)/t15-,16+,18-/m1/s1. The Balaban J connectivity index is 1.56. The van der Waals surface area contributed by atoms with Gasteiger partial charge in [-0.25, -0.2) is 19.3 Å². The Hall–Kier alpha value is -2.82. The van der Waals surface area contributed by atoms with Crippen molar-refractivity contribution in [2.75, 3.05) is 18.5 Å². The molecule has 3 atom stereocenters. The summed E-state index contributed by atoms with van der Waals surface area (Å²) in [5.41, 5.74) is 1.69. The van der Waals surface area contributed by atoms with Crippen molar-refractivity contribution in [2.24, 2.45) is 0 Å². The fourth-order valence-electron chi connectivity index (χ4n) is 4.60. The lowest BCUT2D eigenvalue weighted by Crippen LogP contribution is -2.42. The molecule has 4 heterocycles. The predicted octanol–water partition coefficient (Wildman–Crippen LogP) is 3.38. The fraction of sp³-hybridized carbons (Fsp3) is 0.478. The SMILES string of the molecule is CC(C)n1c([C@@H]2CCC(=O)N2)nc2c(F)cc(-c3nc(N[C@@H]4CCOC[C@H]4O)ncc3Cl)cc21. The third-order valence-electron chi connectivity index (χ3n) is 6.26. The number of amides is 1. The highest BCUT2D eigenvalue weighted by Gasteiger charge is 2.30. The van der Waals surface area contributed by atoms with Crippen LogP contribution in [0.25, 0.3) is 22.3 Å². The number of aliphatic hydroxyl groups is 1. The van der Waals surface area contributed by atoms with E-state index in [0.29, 0.717) is 48.5 Å². The first-order valence-corrected chi connectivity index (χ1v) is 11.8. The number of hydrogen-bond donors (Lipinski definition) is 3. The molecule has 0 spiro atoms. The lowest BCUT2D eigenvalue weighted by atomic mass is 10.1. The van der Waals surface area contributed by atoms with Crippen LogP contribution in [0.2, 0.25) is 5.02 Å². The number of carbonyl (C=O) groups is 1. The molecule has 0 saturated carbocycles. The smallest absolute Gasteiger partial charge is 0.223 e. The molecule has 0 bridgehead atoms. The van der Waals surface area contributed by atoms with Crippen LogP contribution in [0.5, 0.6) is 0 Å². The highest BCUT2D eigenvalue weighted by atomic mass is 35.5. The van der Waals surface area contributed by atoms with Gasteiger partial charge in [-0.2, -0.15) is 0 Å². The van der Waals surface area contributed by atoms with E-state index in [9.17, 15) is 9.90 Å². The summed E-state index contributed by atoms with van der Waals surface area (Å²) in [6, 6.07) is 2.65. The minimum absolute atomic E-state index is 0.0136. The zero-order chi connectivity index (χ0) is 24.0. The summed E-state index contributed by atoms with van der Waals surface area (Å²) in [5, 5.41) is 16.5. The van der Waals surface area contributed by atoms with E-state index in [1.807, 2.05) is 24.5 Å². The number of hydrogen-bond acceptors (Lipinski definition) is 7. The zero-order valence-electron chi connectivity index (χ0n) is 18.9. The molecule has 3 N–H and O–H groups in total. The Morgan fingerprint density at radius 3 is 2.85 bits per heavy atom. The maximum atomic E-state index is 15.3. The molecule has 9 nitrogen and oxygen atoms in total. The summed E-state index contributed by atoms with van der Waals surface area (Å²) in [5.74, 6) is 0.395. The average Bonchev–Trinajstić information content (AvgIpc) is 3.40. The zero-order valence-corrected chi connectivity index (χ0v) is 19.6. The maximum absolute atomic E-state index is 15.3. The van der Waals surface area contributed by atoms with E-state index in [-0.39, 0.29) is 47.1 Å². The Bertz CT molecular complexity index is 1250. The number of halogens is 2. The van der Waals surface area contributed by atoms with Crippen LogP contribution in [0.4, 0.5) is 10.3 Å². The first-order valence-electron chi connectivity index (χ1n) is 11.4. The third-order valence-corrected chi connectivity index (χ3v) is 6.53. The van der Waals surface area contributed by atoms with E-state index >= 15 is 4.39 Å². The van der Waals surface area contributed by atoms with Gasteiger partial charge in [-0.3, -0.25) is 4.79 Å². The van der Waals surface area contributed by atoms with Gasteiger partial charge in [0.25, 0.3) is 0 Å². The molecule has 11 heteroatoms. The monoisotopic (exact) mass is 488 g/mol. The second-order valence-electron chi connectivity index (χ2n) is 8.99. The molecule has 0 unspecified atom stereocenters. The van der Waals surface area contributed by atoms with Crippen molar-refractivity contribution in [2.45, 2.75) is 57.3 Å². The summed E-state index contributed by atoms with van der Waals surface area (Å²) in [6.07, 6.45) is 2.43. The molecule has 2 fully saturated rings. The number of benzene rings is 1. The average molecular weight is 489 g/mol. The predicted molar refractivity (Wildman–Crippen MR) is 125 cm³/mol. The number of imidazole rings is 1. The molecule has 0 aliphatic carbocycles. The van der Waals surface area contributed by atoms with Gasteiger partial charge in [-0.15, -0.1) is 0 Å². The van der Waals surface area contributed by atoms with Crippen LogP contribution >= 0.6 is 11.6 Å². The molecule has 0 radical (unpaired) electrons. The number of aliphatic hydroxyl groups excluding tert-OH is 1. The van der Waals surface area contributed by atoms with Crippen molar-refractivity contribution in [3.8, 4) is 11.3 Å². The van der Waals surface area contributed by atoms with Crippen molar-refractivity contribution in [3.05, 3.63) is 35.0 Å². The molecule has 1 amide bonds. The van der Waals surface area contributed by atoms with Gasteiger partial charge in [0.05, 0.1) is 47.2 Å². The van der Waals surface area contributed by atoms with Crippen molar-refractivity contribution in [1.29, 1.82) is 0 Å². The van der Waals surface area contributed by atoms with Crippen LogP contribution in [0.3, 0.4) is 0 Å². The van der Waals surface area contributed by atoms with Crippen molar-refractivity contribution >= 4 is 34.5 Å². The molecule has 2 aromatic heterocycles. The Morgan fingerprint density at radius 1 is 1.32 bits per heavy atom. The lowest BCUT2D eigenvalue weighted by molar-refractivity contribution is -0.119. The van der Waals surface area contributed by atoms with Gasteiger partial charge in [0, 0.05) is 24.6 Å². The number of fused-ring (bicyclic) bond motifs is 1. The van der Waals surface area contributed by atoms with E-state index in [2.05, 4.69) is 25.6 Å². The van der Waals surface area contributed by atoms with Crippen molar-refractivity contribution < 1.29 is 19.0 Å². The minimum Gasteiger partial charge on any atom is -0.389 e. The van der Waals surface area contributed by atoms with Crippen LogP contribution in [-0.2, 0) is 9.53 Å². The number of rotatable bonds is 5. The van der Waals surface area contributed by atoms with E-state index in [1.54, 1.807) is 0 Å². The Kier molecular flexibility index (Phi) is 6.13. The van der Waals surface area contributed by atoms with Gasteiger partial charge in [0.1, 0.15) is 11.3 Å². The number of aromatic nitrogens is 4. The van der Waals surface area contributed by atoms with Gasteiger partial charge >= 0.3 is 0 Å². The van der Waals surface area contributed by atoms with Crippen molar-refractivity contribution in [3.63, 3.8) is 0 Å². The largest absolute Gasteiger partial charge is 0.389 e. The minimum atomic E-state index is -0.680. The molecule has 2 aliphatic heterocycles. The number of ether oxygens (including phenoxy) is 1. The second kappa shape index (κ2) is 9.09. The van der Waals surface area contributed by atoms with Crippen LogP contribution < -0.4 is 10.6 Å². The normalized spacial score (nSPS) is 23.0. The van der Waals surface area contributed by atoms with Crippen molar-refractivity contribution in [1.82, 2.24) is 24.8 Å². The van der Waals surface area contributed by atoms with Gasteiger partial charge in [0.2, 0.25) is 11.9 Å². The molecule has 5 rings (SSSR count). The summed E-state index contributed by atoms with van der Waals surface area (Å²) in [6.45, 7) is 4.75. The molecule has 180 valence electrons. The highest BCUT2D eigenvalue weighted by molar-refractivity contribution is 6.33.